The second kappa shape index (κ2) is 10.4. The molecular weight excluding hydrogens is 424 g/mol. The third-order valence-corrected chi connectivity index (χ3v) is 6.48. The molecule has 3 aromatic rings. The van der Waals surface area contributed by atoms with E-state index in [1.54, 1.807) is 30.3 Å². The number of hydrogen-bond acceptors (Lipinski definition) is 4. The smallest absolute Gasteiger partial charge is 0.339 e. The number of hydrogen-bond donors (Lipinski definition) is 0. The van der Waals surface area contributed by atoms with Crippen LogP contribution in [0.3, 0.4) is 0 Å². The summed E-state index contributed by atoms with van der Waals surface area (Å²) in [6.07, 6.45) is 9.26. The Labute approximate surface area is 193 Å². The number of benzene rings is 2. The van der Waals surface area contributed by atoms with Crippen molar-refractivity contribution in [2.75, 3.05) is 6.61 Å². The number of aryl methyl sites for hydroxylation is 2. The van der Waals surface area contributed by atoms with Crippen LogP contribution in [0, 0.1) is 0 Å². The zero-order chi connectivity index (χ0) is 22.5. The lowest BCUT2D eigenvalue weighted by Gasteiger charge is -2.18. The number of ether oxygens (including phenoxy) is 1. The zero-order valence-corrected chi connectivity index (χ0v) is 19.3. The highest BCUT2D eigenvalue weighted by Gasteiger charge is 2.20. The van der Waals surface area contributed by atoms with Gasteiger partial charge in [-0.15, -0.1) is 0 Å². The predicted octanol–water partition coefficient (Wildman–Crippen LogP) is 6.71. The van der Waals surface area contributed by atoms with Gasteiger partial charge in [-0.1, -0.05) is 37.8 Å². The number of halogens is 1. The van der Waals surface area contributed by atoms with Crippen molar-refractivity contribution >= 4 is 28.4 Å². The molecule has 5 heteroatoms. The first-order valence-corrected chi connectivity index (χ1v) is 12.0. The average molecular weight is 453 g/mol. The summed E-state index contributed by atoms with van der Waals surface area (Å²) in [5.41, 5.74) is 3.88. The summed E-state index contributed by atoms with van der Waals surface area (Å²) in [6.45, 7) is 2.12. The van der Waals surface area contributed by atoms with Crippen molar-refractivity contribution < 1.29 is 13.9 Å². The third kappa shape index (κ3) is 5.07. The molecule has 0 saturated carbocycles. The highest BCUT2D eigenvalue weighted by atomic mass is 35.5. The van der Waals surface area contributed by atoms with Gasteiger partial charge in [0.25, 0.3) is 0 Å². The van der Waals surface area contributed by atoms with Gasteiger partial charge in [-0.3, -0.25) is 4.79 Å². The lowest BCUT2D eigenvalue weighted by atomic mass is 9.89. The van der Waals surface area contributed by atoms with Crippen molar-refractivity contribution in [1.82, 2.24) is 0 Å². The fraction of sp³-hybridized carbons (Fsp3) is 0.407. The van der Waals surface area contributed by atoms with Crippen molar-refractivity contribution in [3.63, 3.8) is 0 Å². The molecule has 0 radical (unpaired) electrons. The lowest BCUT2D eigenvalue weighted by Crippen LogP contribution is -2.16. The van der Waals surface area contributed by atoms with Gasteiger partial charge >= 0.3 is 5.63 Å². The van der Waals surface area contributed by atoms with Gasteiger partial charge in [0.2, 0.25) is 0 Å². The van der Waals surface area contributed by atoms with Crippen molar-refractivity contribution in [3.05, 3.63) is 74.1 Å². The monoisotopic (exact) mass is 452 g/mol. The molecule has 4 rings (SSSR count). The molecule has 1 heterocycles. The summed E-state index contributed by atoms with van der Waals surface area (Å²) in [5.74, 6) is 0.501. The number of carbonyl (C=O) groups is 1. The van der Waals surface area contributed by atoms with Gasteiger partial charge in [0, 0.05) is 27.6 Å². The normalized spacial score (nSPS) is 13.2. The molecule has 2 aromatic carbocycles. The van der Waals surface area contributed by atoms with E-state index >= 15 is 0 Å². The van der Waals surface area contributed by atoms with Crippen molar-refractivity contribution in [3.8, 4) is 5.75 Å². The Balaban J connectivity index is 1.64. The Morgan fingerprint density at radius 2 is 1.78 bits per heavy atom. The third-order valence-electron chi connectivity index (χ3n) is 6.23. The summed E-state index contributed by atoms with van der Waals surface area (Å²) in [6, 6.07) is 10.7. The Morgan fingerprint density at radius 3 is 2.53 bits per heavy atom. The Hall–Kier alpha value is -2.59. The summed E-state index contributed by atoms with van der Waals surface area (Å²) in [5, 5.41) is 1.60. The van der Waals surface area contributed by atoms with E-state index in [2.05, 4.69) is 13.0 Å². The largest absolute Gasteiger partial charge is 0.485 e. The maximum atomic E-state index is 12.6. The van der Waals surface area contributed by atoms with Crippen LogP contribution in [0.1, 0.15) is 72.5 Å². The lowest BCUT2D eigenvalue weighted by molar-refractivity contribution is 0.0921. The molecular formula is C27H29ClO4. The van der Waals surface area contributed by atoms with Crippen LogP contribution < -0.4 is 10.4 Å². The molecule has 1 aliphatic carbocycles. The maximum Gasteiger partial charge on any atom is 0.339 e. The molecule has 0 saturated heterocycles. The molecule has 32 heavy (non-hydrogen) atoms. The quantitative estimate of drug-likeness (QED) is 0.205. The minimum Gasteiger partial charge on any atom is -0.485 e. The van der Waals surface area contributed by atoms with Crippen LogP contribution in [0.4, 0.5) is 0 Å². The molecule has 0 fully saturated rings. The molecule has 0 bridgehead atoms. The van der Waals surface area contributed by atoms with Crippen molar-refractivity contribution in [2.45, 2.75) is 64.7 Å². The van der Waals surface area contributed by atoms with Gasteiger partial charge < -0.3 is 9.15 Å². The molecule has 0 spiro atoms. The van der Waals surface area contributed by atoms with Crippen molar-refractivity contribution in [2.24, 2.45) is 0 Å². The summed E-state index contributed by atoms with van der Waals surface area (Å²) in [4.78, 5) is 25.1. The summed E-state index contributed by atoms with van der Waals surface area (Å²) >= 11 is 5.92. The van der Waals surface area contributed by atoms with Crippen LogP contribution in [-0.4, -0.2) is 12.4 Å². The van der Waals surface area contributed by atoms with Crippen LogP contribution in [0.25, 0.3) is 11.0 Å². The van der Waals surface area contributed by atoms with Crippen LogP contribution in [0.5, 0.6) is 5.75 Å². The molecule has 0 N–H and O–H groups in total. The molecule has 1 aliphatic rings. The average Bonchev–Trinajstić information content (AvgIpc) is 2.81. The van der Waals surface area contributed by atoms with E-state index in [0.29, 0.717) is 21.9 Å². The molecule has 0 amide bonds. The maximum absolute atomic E-state index is 12.6. The number of Topliss-reactive ketones (excluding diaryl/α,β-unsaturated/α-hetero) is 1. The number of fused-ring (bicyclic) bond motifs is 3. The van der Waals surface area contributed by atoms with Gasteiger partial charge in [0.1, 0.15) is 11.3 Å². The van der Waals surface area contributed by atoms with E-state index in [9.17, 15) is 9.59 Å². The fourth-order valence-electron chi connectivity index (χ4n) is 4.45. The second-order valence-electron chi connectivity index (χ2n) is 8.54. The standard InChI is InChI=1S/C27H29ClO4/c1-2-3-4-5-8-19-15-23-21-9-6-7-10-22(21)27(30)32-26(23)16-25(19)31-17-24(29)18-11-13-20(28)14-12-18/h11-16H,2-10,17H2,1H3. The van der Waals surface area contributed by atoms with Gasteiger partial charge in [0.15, 0.2) is 12.4 Å². The van der Waals surface area contributed by atoms with Crippen LogP contribution in [0.15, 0.2) is 45.6 Å². The summed E-state index contributed by atoms with van der Waals surface area (Å²) < 4.78 is 11.7. The first-order chi connectivity index (χ1) is 15.6. The molecule has 168 valence electrons. The molecule has 1 aromatic heterocycles. The predicted molar refractivity (Wildman–Crippen MR) is 128 cm³/mol. The highest BCUT2D eigenvalue weighted by molar-refractivity contribution is 6.30. The van der Waals surface area contributed by atoms with Crippen LogP contribution >= 0.6 is 11.6 Å². The minimum atomic E-state index is -0.244. The molecule has 0 aliphatic heterocycles. The Bertz CT molecular complexity index is 1160. The van der Waals surface area contributed by atoms with Crippen LogP contribution in [0.2, 0.25) is 5.02 Å². The minimum absolute atomic E-state index is 0.0791. The number of unbranched alkanes of at least 4 members (excludes halogenated alkanes) is 3. The van der Waals surface area contributed by atoms with Gasteiger partial charge in [-0.2, -0.15) is 0 Å². The van der Waals surface area contributed by atoms with Gasteiger partial charge in [-0.25, -0.2) is 4.79 Å². The highest BCUT2D eigenvalue weighted by Crippen LogP contribution is 2.33. The van der Waals surface area contributed by atoms with Gasteiger partial charge in [0.05, 0.1) is 0 Å². The van der Waals surface area contributed by atoms with E-state index in [1.165, 1.54) is 12.8 Å². The first-order valence-electron chi connectivity index (χ1n) is 11.6. The van der Waals surface area contributed by atoms with E-state index in [1.807, 2.05) is 0 Å². The summed E-state index contributed by atoms with van der Waals surface area (Å²) in [7, 11) is 0. The zero-order valence-electron chi connectivity index (χ0n) is 18.5. The number of carbonyl (C=O) groups excluding carboxylic acids is 1. The van der Waals surface area contributed by atoms with E-state index in [0.717, 1.165) is 67.0 Å². The second-order valence-corrected chi connectivity index (χ2v) is 8.98. The van der Waals surface area contributed by atoms with E-state index in [-0.39, 0.29) is 18.0 Å². The van der Waals surface area contributed by atoms with Gasteiger partial charge in [-0.05, 0) is 80.0 Å². The topological polar surface area (TPSA) is 56.5 Å². The molecule has 0 atom stereocenters. The Morgan fingerprint density at radius 1 is 1.03 bits per heavy atom. The SMILES string of the molecule is CCCCCCc1cc2c3c(c(=O)oc2cc1OCC(=O)c1ccc(Cl)cc1)CCCC3. The van der Waals surface area contributed by atoms with Crippen molar-refractivity contribution in [1.29, 1.82) is 0 Å². The first kappa shape index (κ1) is 22.6. The van der Waals surface area contributed by atoms with E-state index in [4.69, 9.17) is 20.8 Å². The molecule has 0 unspecified atom stereocenters. The number of rotatable bonds is 9. The fourth-order valence-corrected chi connectivity index (χ4v) is 4.58. The number of ketones is 1. The molecule has 4 nitrogen and oxygen atoms in total. The van der Waals surface area contributed by atoms with E-state index < -0.39 is 0 Å². The Kier molecular flexibility index (Phi) is 7.31. The van der Waals surface area contributed by atoms with Crippen LogP contribution in [-0.2, 0) is 19.3 Å².